The van der Waals surface area contributed by atoms with Crippen molar-refractivity contribution in [2.45, 2.75) is 17.5 Å². The van der Waals surface area contributed by atoms with Crippen LogP contribution in [0.15, 0.2) is 83.3 Å². The molecule has 1 atom stereocenters. The van der Waals surface area contributed by atoms with Crippen LogP contribution in [0.25, 0.3) is 0 Å². The summed E-state index contributed by atoms with van der Waals surface area (Å²) in [5.41, 5.74) is 1.17. The van der Waals surface area contributed by atoms with Gasteiger partial charge in [-0.05, 0) is 53.4 Å². The highest BCUT2D eigenvalue weighted by Gasteiger charge is 2.22. The van der Waals surface area contributed by atoms with E-state index in [0.717, 1.165) is 10.4 Å². The van der Waals surface area contributed by atoms with Gasteiger partial charge in [-0.15, -0.1) is 11.3 Å². The van der Waals surface area contributed by atoms with Crippen molar-refractivity contribution >= 4 is 27.3 Å². The van der Waals surface area contributed by atoms with Crippen molar-refractivity contribution < 1.29 is 17.9 Å². The van der Waals surface area contributed by atoms with Crippen LogP contribution in [0, 0.1) is 0 Å². The molecular weight excluding hydrogens is 472 g/mol. The molecule has 0 saturated carbocycles. The van der Waals surface area contributed by atoms with Gasteiger partial charge in [0.2, 0.25) is 10.0 Å². The second-order valence-corrected chi connectivity index (χ2v) is 10.3. The highest BCUT2D eigenvalue weighted by Crippen LogP contribution is 2.24. The number of aromatic nitrogens is 2. The number of benzene rings is 2. The molecule has 0 spiro atoms. The van der Waals surface area contributed by atoms with Crippen molar-refractivity contribution in [3.05, 3.63) is 100 Å². The zero-order valence-electron chi connectivity index (χ0n) is 18.6. The van der Waals surface area contributed by atoms with Crippen molar-refractivity contribution in [3.63, 3.8) is 0 Å². The Morgan fingerprint density at radius 1 is 1.12 bits per heavy atom. The number of nitrogens with zero attached hydrogens (tertiary/aromatic N) is 2. The first-order valence-electron chi connectivity index (χ1n) is 10.4. The predicted molar refractivity (Wildman–Crippen MR) is 130 cm³/mol. The van der Waals surface area contributed by atoms with Gasteiger partial charge in [0.15, 0.2) is 0 Å². The summed E-state index contributed by atoms with van der Waals surface area (Å²) in [6.07, 6.45) is 3.47. The fourth-order valence-corrected chi connectivity index (χ4v) is 5.15. The minimum absolute atomic E-state index is 0.0939. The van der Waals surface area contributed by atoms with Gasteiger partial charge in [0, 0.05) is 36.4 Å². The van der Waals surface area contributed by atoms with Gasteiger partial charge < -0.3 is 14.6 Å². The number of carbonyl (C=O) groups excluding carboxylic acids is 1. The monoisotopic (exact) mass is 496 g/mol. The Labute approximate surface area is 202 Å². The first-order chi connectivity index (χ1) is 16.4. The zero-order chi connectivity index (χ0) is 24.1. The lowest BCUT2D eigenvalue weighted by Crippen LogP contribution is -2.31. The van der Waals surface area contributed by atoms with Crippen LogP contribution in [-0.4, -0.2) is 31.0 Å². The number of rotatable bonds is 9. The molecule has 8 nitrogen and oxygen atoms in total. The average Bonchev–Trinajstić information content (AvgIpc) is 3.53. The van der Waals surface area contributed by atoms with E-state index in [4.69, 9.17) is 4.74 Å². The number of amides is 1. The Bertz CT molecular complexity index is 1350. The molecule has 0 aliphatic carbocycles. The summed E-state index contributed by atoms with van der Waals surface area (Å²) in [6.45, 7) is 0.218. The van der Waals surface area contributed by atoms with Crippen LogP contribution in [0.1, 0.15) is 32.7 Å². The highest BCUT2D eigenvalue weighted by molar-refractivity contribution is 7.89. The number of imidazole rings is 1. The Balaban J connectivity index is 1.52. The van der Waals surface area contributed by atoms with Gasteiger partial charge in [-0.25, -0.2) is 18.1 Å². The van der Waals surface area contributed by atoms with Gasteiger partial charge in [0.1, 0.15) is 17.6 Å². The molecule has 0 fully saturated rings. The van der Waals surface area contributed by atoms with Gasteiger partial charge >= 0.3 is 0 Å². The molecule has 0 saturated heterocycles. The zero-order valence-corrected chi connectivity index (χ0v) is 20.3. The molecule has 34 heavy (non-hydrogen) atoms. The smallest absolute Gasteiger partial charge is 0.252 e. The highest BCUT2D eigenvalue weighted by atomic mass is 32.2. The molecule has 0 aliphatic rings. The van der Waals surface area contributed by atoms with Crippen LogP contribution >= 0.6 is 11.3 Å². The maximum atomic E-state index is 13.1. The van der Waals surface area contributed by atoms with Gasteiger partial charge in [-0.1, -0.05) is 18.2 Å². The lowest BCUT2D eigenvalue weighted by molar-refractivity contribution is 0.0941. The summed E-state index contributed by atoms with van der Waals surface area (Å²) < 4.78 is 34.8. The van der Waals surface area contributed by atoms with Gasteiger partial charge in [0.25, 0.3) is 5.91 Å². The van der Waals surface area contributed by atoms with E-state index < -0.39 is 16.1 Å². The first-order valence-corrected chi connectivity index (χ1v) is 12.8. The molecule has 10 heteroatoms. The minimum Gasteiger partial charge on any atom is -0.497 e. The molecule has 2 N–H and O–H groups in total. The van der Waals surface area contributed by atoms with Crippen LogP contribution in [0.2, 0.25) is 0 Å². The number of methoxy groups -OCH3 is 1. The number of nitrogens with one attached hydrogen (secondary N) is 2. The van der Waals surface area contributed by atoms with E-state index >= 15 is 0 Å². The standard InChI is InChI=1S/C24H24N4O4S2/c1-28-14-13-25-23(28)22(17-5-9-19(32-2)10-6-17)27-24(29)18-7-11-21(12-8-18)34(30,31)26-16-20-4-3-15-33-20/h3-15,22,26H,16H2,1-2H3,(H,27,29). The molecule has 2 aromatic heterocycles. The minimum atomic E-state index is -3.69. The van der Waals surface area contributed by atoms with Crippen LogP contribution < -0.4 is 14.8 Å². The normalized spacial score (nSPS) is 12.3. The predicted octanol–water partition coefficient (Wildman–Crippen LogP) is 3.49. The lowest BCUT2D eigenvalue weighted by Gasteiger charge is -2.19. The Hall–Kier alpha value is -3.47. The van der Waals surface area contributed by atoms with Crippen LogP contribution in [0.3, 0.4) is 0 Å². The van der Waals surface area contributed by atoms with Crippen molar-refractivity contribution in [1.82, 2.24) is 19.6 Å². The van der Waals surface area contributed by atoms with E-state index in [1.807, 2.05) is 53.4 Å². The Morgan fingerprint density at radius 3 is 2.44 bits per heavy atom. The van der Waals surface area contributed by atoms with E-state index in [9.17, 15) is 13.2 Å². The summed E-state index contributed by atoms with van der Waals surface area (Å²) in [7, 11) is -0.246. The topological polar surface area (TPSA) is 102 Å². The first kappa shape index (κ1) is 23.7. The molecule has 0 bridgehead atoms. The molecule has 1 amide bonds. The van der Waals surface area contributed by atoms with Crippen molar-refractivity contribution in [1.29, 1.82) is 0 Å². The summed E-state index contributed by atoms with van der Waals surface area (Å²) >= 11 is 1.48. The fourth-order valence-electron chi connectivity index (χ4n) is 3.41. The third kappa shape index (κ3) is 5.36. The van der Waals surface area contributed by atoms with Crippen LogP contribution in [0.5, 0.6) is 5.75 Å². The maximum Gasteiger partial charge on any atom is 0.252 e. The Kier molecular flexibility index (Phi) is 7.11. The lowest BCUT2D eigenvalue weighted by atomic mass is 10.0. The maximum absolute atomic E-state index is 13.1. The molecule has 4 rings (SSSR count). The number of sulfonamides is 1. The third-order valence-electron chi connectivity index (χ3n) is 5.28. The molecule has 2 aromatic carbocycles. The quantitative estimate of drug-likeness (QED) is 0.369. The second-order valence-electron chi connectivity index (χ2n) is 7.50. The number of ether oxygens (including phenoxy) is 1. The van der Waals surface area contributed by atoms with Crippen molar-refractivity contribution in [2.75, 3.05) is 7.11 Å². The number of hydrogen-bond donors (Lipinski definition) is 2. The fraction of sp³-hybridized carbons (Fsp3) is 0.167. The molecule has 1 unspecified atom stereocenters. The van der Waals surface area contributed by atoms with E-state index in [2.05, 4.69) is 15.0 Å². The number of thiophene rings is 1. The molecular formula is C24H24N4O4S2. The summed E-state index contributed by atoms with van der Waals surface area (Å²) in [5.74, 6) is 1.02. The molecule has 4 aromatic rings. The van der Waals surface area contributed by atoms with E-state index in [1.54, 1.807) is 19.5 Å². The van der Waals surface area contributed by atoms with Gasteiger partial charge in [-0.2, -0.15) is 0 Å². The Morgan fingerprint density at radius 2 is 1.85 bits per heavy atom. The average molecular weight is 497 g/mol. The summed E-state index contributed by atoms with van der Waals surface area (Å²) in [4.78, 5) is 18.5. The van der Waals surface area contributed by atoms with Crippen molar-refractivity contribution in [3.8, 4) is 5.75 Å². The van der Waals surface area contributed by atoms with E-state index in [0.29, 0.717) is 17.1 Å². The summed E-state index contributed by atoms with van der Waals surface area (Å²) in [5, 5.41) is 4.90. The van der Waals surface area contributed by atoms with Gasteiger partial charge in [0.05, 0.1) is 12.0 Å². The molecule has 0 aliphatic heterocycles. The van der Waals surface area contributed by atoms with Crippen LogP contribution in [0.4, 0.5) is 0 Å². The SMILES string of the molecule is COc1ccc(C(NC(=O)c2ccc(S(=O)(=O)NCc3cccs3)cc2)c2nccn2C)cc1. The largest absolute Gasteiger partial charge is 0.497 e. The summed E-state index contributed by atoms with van der Waals surface area (Å²) in [6, 6.07) is 16.4. The van der Waals surface area contributed by atoms with Crippen LogP contribution in [-0.2, 0) is 23.6 Å². The molecule has 0 radical (unpaired) electrons. The number of carbonyl (C=O) groups is 1. The number of aryl methyl sites for hydroxylation is 1. The molecule has 2 heterocycles. The number of hydrogen-bond acceptors (Lipinski definition) is 6. The van der Waals surface area contributed by atoms with E-state index in [-0.39, 0.29) is 17.3 Å². The second kappa shape index (κ2) is 10.2. The molecule has 176 valence electrons. The van der Waals surface area contributed by atoms with Gasteiger partial charge in [-0.3, -0.25) is 4.79 Å². The third-order valence-corrected chi connectivity index (χ3v) is 7.58. The van der Waals surface area contributed by atoms with E-state index in [1.165, 1.54) is 35.6 Å². The van der Waals surface area contributed by atoms with Crippen molar-refractivity contribution in [2.24, 2.45) is 7.05 Å².